The standard InChI is InChI=1S/C22H29N3O2/c1-20(2)21(3)12-13-22(20,19(27)25-14-8-5-9-15-25)18(26)17(21)24-23-16-10-6-4-7-11-16/h4,6-7,10-11,23H,5,8-9,12-15H2,1-3H3/b24-17+. The van der Waals surface area contributed by atoms with Crippen LogP contribution in [0.5, 0.6) is 0 Å². The lowest BCUT2D eigenvalue weighted by molar-refractivity contribution is -0.153. The summed E-state index contributed by atoms with van der Waals surface area (Å²) in [6.45, 7) is 7.83. The number of para-hydroxylation sites is 1. The summed E-state index contributed by atoms with van der Waals surface area (Å²) in [6.07, 6.45) is 4.68. The maximum absolute atomic E-state index is 13.6. The van der Waals surface area contributed by atoms with Gasteiger partial charge in [-0.1, -0.05) is 39.0 Å². The number of hydrogen-bond donors (Lipinski definition) is 1. The van der Waals surface area contributed by atoms with E-state index in [1.54, 1.807) is 0 Å². The highest BCUT2D eigenvalue weighted by molar-refractivity contribution is 6.50. The average Bonchev–Trinajstić information content (AvgIpc) is 2.96. The minimum atomic E-state index is -0.962. The van der Waals surface area contributed by atoms with Crippen LogP contribution < -0.4 is 5.43 Å². The van der Waals surface area contributed by atoms with E-state index in [1.807, 2.05) is 35.2 Å². The van der Waals surface area contributed by atoms with Gasteiger partial charge < -0.3 is 4.90 Å². The van der Waals surface area contributed by atoms with Crippen LogP contribution in [0.15, 0.2) is 35.4 Å². The van der Waals surface area contributed by atoms with Crippen LogP contribution in [0.4, 0.5) is 5.69 Å². The molecule has 1 aromatic carbocycles. The summed E-state index contributed by atoms with van der Waals surface area (Å²) in [4.78, 5) is 29.1. The summed E-state index contributed by atoms with van der Waals surface area (Å²) in [6, 6.07) is 9.64. The van der Waals surface area contributed by atoms with Crippen molar-refractivity contribution in [2.45, 2.75) is 52.9 Å². The number of carbonyl (C=O) groups excluding carboxylic acids is 2. The minimum absolute atomic E-state index is 0.0332. The van der Waals surface area contributed by atoms with Gasteiger partial charge in [-0.15, -0.1) is 0 Å². The number of likely N-dealkylation sites (tertiary alicyclic amines) is 1. The molecule has 0 spiro atoms. The summed E-state index contributed by atoms with van der Waals surface area (Å²) in [5.74, 6) is -0.0360. The summed E-state index contributed by atoms with van der Waals surface area (Å²) in [5.41, 5.74) is 2.63. The van der Waals surface area contributed by atoms with Crippen LogP contribution in [0.25, 0.3) is 0 Å². The second-order valence-electron chi connectivity index (χ2n) is 8.98. The molecule has 1 saturated heterocycles. The summed E-state index contributed by atoms with van der Waals surface area (Å²) in [7, 11) is 0. The van der Waals surface area contributed by atoms with Gasteiger partial charge in [-0.25, -0.2) is 0 Å². The summed E-state index contributed by atoms with van der Waals surface area (Å²) < 4.78 is 0. The highest BCUT2D eigenvalue weighted by Crippen LogP contribution is 2.69. The first-order valence-corrected chi connectivity index (χ1v) is 10.1. The Morgan fingerprint density at radius 2 is 1.70 bits per heavy atom. The number of hydrogen-bond acceptors (Lipinski definition) is 4. The Balaban J connectivity index is 1.71. The number of piperidine rings is 1. The van der Waals surface area contributed by atoms with Crippen molar-refractivity contribution in [3.63, 3.8) is 0 Å². The molecule has 2 atom stereocenters. The minimum Gasteiger partial charge on any atom is -0.342 e. The molecule has 1 aliphatic heterocycles. The van der Waals surface area contributed by atoms with Gasteiger partial charge in [0.15, 0.2) is 5.78 Å². The zero-order valence-corrected chi connectivity index (χ0v) is 16.5. The number of amides is 1. The molecule has 2 bridgehead atoms. The fourth-order valence-electron chi connectivity index (χ4n) is 5.44. The molecule has 3 aliphatic rings. The van der Waals surface area contributed by atoms with Gasteiger partial charge in [0.05, 0.1) is 5.69 Å². The molecule has 27 heavy (non-hydrogen) atoms. The van der Waals surface area contributed by atoms with Gasteiger partial charge in [0.2, 0.25) is 5.91 Å². The van der Waals surface area contributed by atoms with Crippen LogP contribution in [-0.4, -0.2) is 35.4 Å². The molecule has 3 fully saturated rings. The largest absolute Gasteiger partial charge is 0.342 e. The van der Waals surface area contributed by atoms with Crippen molar-refractivity contribution in [2.24, 2.45) is 21.3 Å². The SMILES string of the molecule is CC12CCC(C(=O)N3CCCCC3)(C(=O)/C1=N\Nc1ccccc1)C2(C)C. The number of rotatable bonds is 3. The molecule has 1 N–H and O–H groups in total. The topological polar surface area (TPSA) is 61.8 Å². The van der Waals surface area contributed by atoms with Crippen LogP contribution in [0.3, 0.4) is 0 Å². The Labute approximate surface area is 161 Å². The quantitative estimate of drug-likeness (QED) is 0.652. The Bertz CT molecular complexity index is 795. The highest BCUT2D eigenvalue weighted by Gasteiger charge is 2.77. The first-order valence-electron chi connectivity index (χ1n) is 10.1. The van der Waals surface area contributed by atoms with Gasteiger partial charge >= 0.3 is 0 Å². The Morgan fingerprint density at radius 3 is 2.37 bits per heavy atom. The van der Waals surface area contributed by atoms with E-state index in [2.05, 4.69) is 31.3 Å². The lowest BCUT2D eigenvalue weighted by Crippen LogP contribution is -2.53. The molecule has 5 heteroatoms. The maximum atomic E-state index is 13.6. The van der Waals surface area contributed by atoms with Crippen molar-refractivity contribution in [1.29, 1.82) is 0 Å². The van der Waals surface area contributed by atoms with Gasteiger partial charge in [0.25, 0.3) is 0 Å². The van der Waals surface area contributed by atoms with Crippen molar-refractivity contribution in [1.82, 2.24) is 4.90 Å². The van der Waals surface area contributed by atoms with E-state index in [4.69, 9.17) is 0 Å². The number of ketones is 1. The summed E-state index contributed by atoms with van der Waals surface area (Å²) >= 11 is 0. The highest BCUT2D eigenvalue weighted by atomic mass is 16.2. The molecule has 2 saturated carbocycles. The van der Waals surface area contributed by atoms with E-state index in [9.17, 15) is 9.59 Å². The number of nitrogens with zero attached hydrogens (tertiary/aromatic N) is 2. The predicted molar refractivity (Wildman–Crippen MR) is 106 cm³/mol. The van der Waals surface area contributed by atoms with Crippen LogP contribution in [0.2, 0.25) is 0 Å². The van der Waals surface area contributed by atoms with Crippen molar-refractivity contribution in [3.05, 3.63) is 30.3 Å². The molecule has 5 nitrogen and oxygen atoms in total. The smallest absolute Gasteiger partial charge is 0.237 e. The molecule has 2 unspecified atom stereocenters. The monoisotopic (exact) mass is 367 g/mol. The summed E-state index contributed by atoms with van der Waals surface area (Å²) in [5, 5.41) is 4.54. The number of hydrazone groups is 1. The lowest BCUT2D eigenvalue weighted by atomic mass is 9.64. The molecular weight excluding hydrogens is 338 g/mol. The molecule has 144 valence electrons. The number of fused-ring (bicyclic) bond motifs is 2. The molecule has 4 rings (SSSR count). The second kappa shape index (κ2) is 6.18. The van der Waals surface area contributed by atoms with Crippen molar-refractivity contribution in [3.8, 4) is 0 Å². The van der Waals surface area contributed by atoms with E-state index in [0.29, 0.717) is 12.1 Å². The fourth-order valence-corrected chi connectivity index (χ4v) is 5.44. The molecule has 0 aromatic heterocycles. The zero-order chi connectivity index (χ0) is 19.3. The van der Waals surface area contributed by atoms with Gasteiger partial charge in [-0.3, -0.25) is 15.0 Å². The van der Waals surface area contributed by atoms with Gasteiger partial charge in [0.1, 0.15) is 11.1 Å². The Kier molecular flexibility index (Phi) is 4.17. The van der Waals surface area contributed by atoms with Gasteiger partial charge in [-0.05, 0) is 49.7 Å². The first kappa shape index (κ1) is 18.2. The van der Waals surface area contributed by atoms with E-state index >= 15 is 0 Å². The third-order valence-electron chi connectivity index (χ3n) is 7.65. The van der Waals surface area contributed by atoms with Crippen molar-refractivity contribution < 1.29 is 9.59 Å². The molecule has 0 radical (unpaired) electrons. The van der Waals surface area contributed by atoms with Gasteiger partial charge in [-0.2, -0.15) is 5.10 Å². The lowest BCUT2D eigenvalue weighted by Gasteiger charge is -2.41. The maximum Gasteiger partial charge on any atom is 0.237 e. The molecule has 1 amide bonds. The van der Waals surface area contributed by atoms with Crippen molar-refractivity contribution in [2.75, 3.05) is 18.5 Å². The normalized spacial score (nSPS) is 33.5. The number of carbonyl (C=O) groups is 2. The van der Waals surface area contributed by atoms with Crippen molar-refractivity contribution >= 4 is 23.1 Å². The second-order valence-corrected chi connectivity index (χ2v) is 8.98. The Hall–Kier alpha value is -2.17. The predicted octanol–water partition coefficient (Wildman–Crippen LogP) is 3.86. The van der Waals surface area contributed by atoms with E-state index < -0.39 is 16.2 Å². The third kappa shape index (κ3) is 2.33. The van der Waals surface area contributed by atoms with Crippen LogP contribution in [0.1, 0.15) is 52.9 Å². The van der Waals surface area contributed by atoms with E-state index in [-0.39, 0.29) is 11.7 Å². The third-order valence-corrected chi connectivity index (χ3v) is 7.65. The van der Waals surface area contributed by atoms with Crippen LogP contribution in [-0.2, 0) is 9.59 Å². The average molecular weight is 367 g/mol. The zero-order valence-electron chi connectivity index (χ0n) is 16.5. The number of anilines is 1. The molecular formula is C22H29N3O2. The first-order chi connectivity index (χ1) is 12.8. The fraction of sp³-hybridized carbons (Fsp3) is 0.591. The molecule has 1 aromatic rings. The van der Waals surface area contributed by atoms with E-state index in [1.165, 1.54) is 6.42 Å². The molecule has 2 aliphatic carbocycles. The number of nitrogens with one attached hydrogen (secondary N) is 1. The van der Waals surface area contributed by atoms with E-state index in [0.717, 1.165) is 38.0 Å². The number of benzene rings is 1. The Morgan fingerprint density at radius 1 is 1.04 bits per heavy atom. The van der Waals surface area contributed by atoms with Gasteiger partial charge in [0, 0.05) is 18.5 Å². The molecule has 1 heterocycles. The van der Waals surface area contributed by atoms with Crippen LogP contribution >= 0.6 is 0 Å². The number of Topliss-reactive ketones (excluding diaryl/α,β-unsaturated/α-hetero) is 1. The van der Waals surface area contributed by atoms with Crippen LogP contribution in [0, 0.1) is 16.2 Å².